The van der Waals surface area contributed by atoms with Gasteiger partial charge in [-0.2, -0.15) is 10.3 Å². The first-order valence-electron chi connectivity index (χ1n) is 7.07. The largest absolute Gasteiger partial charge is 0.343 e. The van der Waals surface area contributed by atoms with E-state index in [0.29, 0.717) is 17.8 Å². The van der Waals surface area contributed by atoms with E-state index in [1.807, 2.05) is 13.0 Å². The molecule has 1 aromatic carbocycles. The summed E-state index contributed by atoms with van der Waals surface area (Å²) >= 11 is 1.16. The van der Waals surface area contributed by atoms with E-state index < -0.39 is 12.1 Å². The third kappa shape index (κ3) is 7.33. The lowest BCUT2D eigenvalue weighted by Crippen LogP contribution is -2.34. The van der Waals surface area contributed by atoms with Crippen LogP contribution in [0.1, 0.15) is 25.3 Å². The van der Waals surface area contributed by atoms with Crippen LogP contribution in [0.25, 0.3) is 0 Å². The van der Waals surface area contributed by atoms with Gasteiger partial charge in [-0.15, -0.1) is 0 Å². The van der Waals surface area contributed by atoms with Gasteiger partial charge in [0.25, 0.3) is 0 Å². The number of anilines is 1. The number of hydrogen-bond acceptors (Lipinski definition) is 4. The van der Waals surface area contributed by atoms with Crippen LogP contribution < -0.4 is 16.0 Å². The van der Waals surface area contributed by atoms with Crippen molar-refractivity contribution >= 4 is 34.7 Å². The summed E-state index contributed by atoms with van der Waals surface area (Å²) in [6, 6.07) is 7.43. The zero-order chi connectivity index (χ0) is 17.1. The summed E-state index contributed by atoms with van der Waals surface area (Å²) in [5.74, 6) is 0. The maximum absolute atomic E-state index is 11.9. The molecule has 0 saturated heterocycles. The van der Waals surface area contributed by atoms with Crippen LogP contribution in [-0.4, -0.2) is 30.0 Å². The molecule has 0 heterocycles. The zero-order valence-electron chi connectivity index (χ0n) is 13.0. The second kappa shape index (κ2) is 10.2. The maximum atomic E-state index is 11.9. The standard InChI is InChI=1S/C15H19N5O2S/c1-3-4-9-17-13(21)19-15(23-2)20-14(22)18-12-7-5-11(10-16)6-8-12/h5-8H,3-4,9H2,1-2H3,(H3,17,18,19,20,21,22). The molecule has 0 unspecified atom stereocenters. The number of carbonyl (C=O) groups excluding carboxylic acids is 2. The van der Waals surface area contributed by atoms with Crippen molar-refractivity contribution in [1.29, 1.82) is 5.26 Å². The SMILES string of the molecule is CCCCNC(=O)N=C(NC(=O)Nc1ccc(C#N)cc1)SC. The minimum Gasteiger partial charge on any atom is -0.336 e. The molecule has 23 heavy (non-hydrogen) atoms. The Balaban J connectivity index is 2.55. The van der Waals surface area contributed by atoms with Crippen molar-refractivity contribution in [2.45, 2.75) is 19.8 Å². The first-order valence-corrected chi connectivity index (χ1v) is 8.30. The molecule has 0 aliphatic rings. The van der Waals surface area contributed by atoms with E-state index in [1.54, 1.807) is 30.5 Å². The van der Waals surface area contributed by atoms with Crippen LogP contribution in [0.5, 0.6) is 0 Å². The Kier molecular flexibility index (Phi) is 8.24. The van der Waals surface area contributed by atoms with Gasteiger partial charge in [-0.1, -0.05) is 25.1 Å². The summed E-state index contributed by atoms with van der Waals surface area (Å²) in [6.45, 7) is 2.58. The number of carbonyl (C=O) groups is 2. The number of amides is 4. The second-order valence-electron chi connectivity index (χ2n) is 4.47. The van der Waals surface area contributed by atoms with Crippen molar-refractivity contribution in [3.63, 3.8) is 0 Å². The molecule has 7 nitrogen and oxygen atoms in total. The summed E-state index contributed by atoms with van der Waals surface area (Å²) in [4.78, 5) is 27.2. The first kappa shape index (κ1) is 18.5. The number of nitrogens with one attached hydrogen (secondary N) is 3. The van der Waals surface area contributed by atoms with E-state index in [9.17, 15) is 9.59 Å². The monoisotopic (exact) mass is 333 g/mol. The number of nitrogens with zero attached hydrogens (tertiary/aromatic N) is 2. The van der Waals surface area contributed by atoms with Crippen LogP contribution >= 0.6 is 11.8 Å². The van der Waals surface area contributed by atoms with E-state index in [-0.39, 0.29) is 5.17 Å². The molecule has 0 fully saturated rings. The third-order valence-electron chi connectivity index (χ3n) is 2.70. The van der Waals surface area contributed by atoms with E-state index >= 15 is 0 Å². The number of unbranched alkanes of at least 4 members (excludes halogenated alkanes) is 1. The number of hydrogen-bond donors (Lipinski definition) is 3. The van der Waals surface area contributed by atoms with Crippen molar-refractivity contribution < 1.29 is 9.59 Å². The highest BCUT2D eigenvalue weighted by Gasteiger charge is 2.08. The predicted octanol–water partition coefficient (Wildman–Crippen LogP) is 2.91. The fraction of sp³-hybridized carbons (Fsp3) is 0.333. The number of aliphatic imine (C=N–C) groups is 1. The molecule has 0 aromatic heterocycles. The van der Waals surface area contributed by atoms with Crippen molar-refractivity contribution in [1.82, 2.24) is 10.6 Å². The molecule has 3 N–H and O–H groups in total. The molecule has 122 valence electrons. The Hall–Kier alpha value is -2.53. The second-order valence-corrected chi connectivity index (χ2v) is 5.27. The zero-order valence-corrected chi connectivity index (χ0v) is 13.9. The Bertz CT molecular complexity index is 607. The molecule has 4 amide bonds. The average molecular weight is 333 g/mol. The number of benzene rings is 1. The Morgan fingerprint density at radius 2 is 2.00 bits per heavy atom. The summed E-state index contributed by atoms with van der Waals surface area (Å²) < 4.78 is 0. The highest BCUT2D eigenvalue weighted by molar-refractivity contribution is 8.13. The Morgan fingerprint density at radius 3 is 2.57 bits per heavy atom. The lowest BCUT2D eigenvalue weighted by molar-refractivity contribution is 0.249. The van der Waals surface area contributed by atoms with E-state index in [0.717, 1.165) is 24.6 Å². The minimum absolute atomic E-state index is 0.199. The summed E-state index contributed by atoms with van der Waals surface area (Å²) in [7, 11) is 0. The average Bonchev–Trinajstić information content (AvgIpc) is 2.55. The lowest BCUT2D eigenvalue weighted by Gasteiger charge is -2.08. The van der Waals surface area contributed by atoms with Crippen molar-refractivity contribution in [2.24, 2.45) is 4.99 Å². The lowest BCUT2D eigenvalue weighted by atomic mass is 10.2. The Morgan fingerprint density at radius 1 is 1.30 bits per heavy atom. The molecular weight excluding hydrogens is 314 g/mol. The van der Waals surface area contributed by atoms with Gasteiger partial charge in [0.2, 0.25) is 0 Å². The van der Waals surface area contributed by atoms with Gasteiger partial charge in [-0.05, 0) is 36.9 Å². The van der Waals surface area contributed by atoms with Gasteiger partial charge in [-0.3, -0.25) is 5.32 Å². The summed E-state index contributed by atoms with van der Waals surface area (Å²) in [5.41, 5.74) is 1.04. The minimum atomic E-state index is -0.510. The predicted molar refractivity (Wildman–Crippen MR) is 92.6 cm³/mol. The van der Waals surface area contributed by atoms with Crippen molar-refractivity contribution in [3.8, 4) is 6.07 Å². The molecule has 0 aliphatic heterocycles. The first-order chi connectivity index (χ1) is 11.1. The number of amidine groups is 1. The molecule has 0 atom stereocenters. The van der Waals surface area contributed by atoms with Crippen LogP contribution in [0, 0.1) is 11.3 Å². The Labute approximate surface area is 139 Å². The molecule has 0 saturated carbocycles. The molecule has 0 radical (unpaired) electrons. The molecule has 8 heteroatoms. The van der Waals surface area contributed by atoms with Gasteiger partial charge in [-0.25, -0.2) is 9.59 Å². The number of rotatable bonds is 4. The topological polar surface area (TPSA) is 106 Å². The van der Waals surface area contributed by atoms with Gasteiger partial charge < -0.3 is 10.6 Å². The van der Waals surface area contributed by atoms with Gasteiger partial charge in [0.05, 0.1) is 11.6 Å². The highest BCUT2D eigenvalue weighted by Crippen LogP contribution is 2.08. The van der Waals surface area contributed by atoms with Crippen LogP contribution in [0.15, 0.2) is 29.3 Å². The fourth-order valence-corrected chi connectivity index (χ4v) is 1.89. The van der Waals surface area contributed by atoms with Crippen LogP contribution in [0.2, 0.25) is 0 Å². The number of urea groups is 2. The molecule has 0 spiro atoms. The molecule has 1 rings (SSSR count). The van der Waals surface area contributed by atoms with Crippen LogP contribution in [-0.2, 0) is 0 Å². The molecule has 0 bridgehead atoms. The van der Waals surface area contributed by atoms with Crippen molar-refractivity contribution in [2.75, 3.05) is 18.1 Å². The van der Waals surface area contributed by atoms with Crippen LogP contribution in [0.4, 0.5) is 15.3 Å². The van der Waals surface area contributed by atoms with Gasteiger partial charge in [0.15, 0.2) is 5.17 Å². The summed E-state index contributed by atoms with van der Waals surface area (Å²) in [5, 5.41) is 16.7. The van der Waals surface area contributed by atoms with E-state index in [4.69, 9.17) is 5.26 Å². The maximum Gasteiger partial charge on any atom is 0.343 e. The number of thioether (sulfide) groups is 1. The van der Waals surface area contributed by atoms with Gasteiger partial charge in [0, 0.05) is 12.2 Å². The molecular formula is C15H19N5O2S. The highest BCUT2D eigenvalue weighted by atomic mass is 32.2. The molecule has 0 aliphatic carbocycles. The quantitative estimate of drug-likeness (QED) is 0.447. The smallest absolute Gasteiger partial charge is 0.336 e. The van der Waals surface area contributed by atoms with Crippen LogP contribution in [0.3, 0.4) is 0 Å². The van der Waals surface area contributed by atoms with Gasteiger partial charge in [0.1, 0.15) is 0 Å². The molecule has 1 aromatic rings. The van der Waals surface area contributed by atoms with Crippen molar-refractivity contribution in [3.05, 3.63) is 29.8 Å². The number of nitriles is 1. The normalized spacial score (nSPS) is 10.6. The van der Waals surface area contributed by atoms with E-state index in [1.165, 1.54) is 0 Å². The van der Waals surface area contributed by atoms with Gasteiger partial charge >= 0.3 is 12.1 Å². The fourth-order valence-electron chi connectivity index (χ4n) is 1.52. The van der Waals surface area contributed by atoms with E-state index in [2.05, 4.69) is 20.9 Å². The third-order valence-corrected chi connectivity index (χ3v) is 3.28. The summed E-state index contributed by atoms with van der Waals surface area (Å²) in [6.07, 6.45) is 3.56.